The van der Waals surface area contributed by atoms with Gasteiger partial charge < -0.3 is 0 Å². The van der Waals surface area contributed by atoms with Crippen LogP contribution in [0.2, 0.25) is 0 Å². The minimum Gasteiger partial charge on any atom is -0.274 e. The molecule has 3 aliphatic heterocycles. The standard InChI is InChI=1S/C15H11BrF3NO3S/c16-8-2-1-6(5-7(8)15(17,18)19)20-13(21)11-9-3-4-10(24(9)23)12(11)14(20)22/h1-2,5,9-12H,3-4H2/t9?,10?,11-,12+,24?. The van der Waals surface area contributed by atoms with Crippen LogP contribution in [0.15, 0.2) is 22.7 Å². The van der Waals surface area contributed by atoms with Crippen molar-refractivity contribution in [3.8, 4) is 0 Å². The van der Waals surface area contributed by atoms with Gasteiger partial charge in [-0.1, -0.05) is 15.9 Å². The van der Waals surface area contributed by atoms with Gasteiger partial charge in [-0.15, -0.1) is 0 Å². The summed E-state index contributed by atoms with van der Waals surface area (Å²) < 4.78 is 51.2. The molecule has 0 radical (unpaired) electrons. The molecule has 24 heavy (non-hydrogen) atoms. The lowest BCUT2D eigenvalue weighted by Crippen LogP contribution is -2.35. The number of imide groups is 1. The van der Waals surface area contributed by atoms with Gasteiger partial charge in [-0.3, -0.25) is 13.8 Å². The van der Waals surface area contributed by atoms with E-state index in [4.69, 9.17) is 0 Å². The number of carbonyl (C=O) groups is 2. The Morgan fingerprint density at radius 1 is 1.08 bits per heavy atom. The molecule has 3 fully saturated rings. The molecule has 3 unspecified atom stereocenters. The first-order valence-electron chi connectivity index (χ1n) is 7.35. The van der Waals surface area contributed by atoms with Gasteiger partial charge in [-0.2, -0.15) is 13.2 Å². The molecule has 1 aromatic carbocycles. The van der Waals surface area contributed by atoms with Crippen LogP contribution in [0, 0.1) is 11.8 Å². The van der Waals surface area contributed by atoms with Gasteiger partial charge in [0.15, 0.2) is 0 Å². The lowest BCUT2D eigenvalue weighted by Gasteiger charge is -2.19. The monoisotopic (exact) mass is 421 g/mol. The summed E-state index contributed by atoms with van der Waals surface area (Å²) in [5.41, 5.74) is -1.02. The van der Waals surface area contributed by atoms with Crippen LogP contribution in [-0.2, 0) is 26.6 Å². The molecule has 2 bridgehead atoms. The number of benzene rings is 1. The maximum absolute atomic E-state index is 13.1. The Morgan fingerprint density at radius 2 is 1.62 bits per heavy atom. The van der Waals surface area contributed by atoms with E-state index >= 15 is 0 Å². The van der Waals surface area contributed by atoms with Crippen molar-refractivity contribution in [2.75, 3.05) is 4.90 Å². The maximum atomic E-state index is 13.1. The summed E-state index contributed by atoms with van der Waals surface area (Å²) in [6.45, 7) is 0. The Labute approximate surface area is 146 Å². The SMILES string of the molecule is O=C1[C@@H]2C3CCC([C@@H]2C(=O)N1c1ccc(Br)c(C(F)(F)F)c1)S3=O. The van der Waals surface area contributed by atoms with E-state index in [1.165, 1.54) is 12.1 Å². The largest absolute Gasteiger partial charge is 0.417 e. The number of hydrogen-bond donors (Lipinski definition) is 0. The number of halogens is 4. The third kappa shape index (κ3) is 2.06. The quantitative estimate of drug-likeness (QED) is 0.655. The number of amides is 2. The highest BCUT2D eigenvalue weighted by molar-refractivity contribution is 9.10. The van der Waals surface area contributed by atoms with Crippen molar-refractivity contribution in [3.63, 3.8) is 0 Å². The molecule has 3 aliphatic rings. The van der Waals surface area contributed by atoms with E-state index in [1.54, 1.807) is 0 Å². The Hall–Kier alpha value is -1.22. The number of nitrogens with zero attached hydrogens (tertiary/aromatic N) is 1. The molecule has 0 N–H and O–H groups in total. The van der Waals surface area contributed by atoms with Crippen LogP contribution < -0.4 is 4.90 Å². The maximum Gasteiger partial charge on any atom is 0.417 e. The van der Waals surface area contributed by atoms with Crippen molar-refractivity contribution in [1.29, 1.82) is 0 Å². The van der Waals surface area contributed by atoms with Gasteiger partial charge in [-0.05, 0) is 31.0 Å². The summed E-state index contributed by atoms with van der Waals surface area (Å²) in [7, 11) is -1.20. The number of carbonyl (C=O) groups excluding carboxylic acids is 2. The molecule has 3 saturated heterocycles. The zero-order valence-electron chi connectivity index (χ0n) is 12.0. The summed E-state index contributed by atoms with van der Waals surface area (Å²) in [6.07, 6.45) is -3.35. The lowest BCUT2D eigenvalue weighted by molar-refractivity contribution is -0.138. The second-order valence-electron chi connectivity index (χ2n) is 6.21. The normalized spacial score (nSPS) is 35.0. The number of alkyl halides is 3. The smallest absolute Gasteiger partial charge is 0.274 e. The molecular weight excluding hydrogens is 411 g/mol. The predicted molar refractivity (Wildman–Crippen MR) is 83.6 cm³/mol. The van der Waals surface area contributed by atoms with E-state index in [9.17, 15) is 27.0 Å². The molecule has 128 valence electrons. The lowest BCUT2D eigenvalue weighted by atomic mass is 9.81. The minimum absolute atomic E-state index is 0.0832. The van der Waals surface area contributed by atoms with Crippen LogP contribution in [0.25, 0.3) is 0 Å². The van der Waals surface area contributed by atoms with Gasteiger partial charge in [0.05, 0.1) is 23.1 Å². The summed E-state index contributed by atoms with van der Waals surface area (Å²) in [4.78, 5) is 26.2. The summed E-state index contributed by atoms with van der Waals surface area (Å²) in [5, 5.41) is -0.696. The molecule has 0 aliphatic carbocycles. The van der Waals surface area contributed by atoms with Gasteiger partial charge in [0.1, 0.15) is 0 Å². The van der Waals surface area contributed by atoms with Gasteiger partial charge in [0.25, 0.3) is 0 Å². The highest BCUT2D eigenvalue weighted by Crippen LogP contribution is 2.51. The third-order valence-corrected chi connectivity index (χ3v) is 7.99. The van der Waals surface area contributed by atoms with Crippen LogP contribution in [-0.4, -0.2) is 26.5 Å². The van der Waals surface area contributed by atoms with Crippen LogP contribution in [0.1, 0.15) is 18.4 Å². The second-order valence-corrected chi connectivity index (χ2v) is 8.93. The number of hydrogen-bond acceptors (Lipinski definition) is 3. The molecule has 0 spiro atoms. The highest BCUT2D eigenvalue weighted by Gasteiger charge is 2.65. The fraction of sp³-hybridized carbons (Fsp3) is 0.467. The molecular formula is C15H11BrF3NO3S. The second kappa shape index (κ2) is 5.14. The predicted octanol–water partition coefficient (Wildman–Crippen LogP) is 2.87. The molecule has 0 aromatic heterocycles. The van der Waals surface area contributed by atoms with Crippen LogP contribution in [0.5, 0.6) is 0 Å². The zero-order valence-corrected chi connectivity index (χ0v) is 14.5. The number of fused-ring (bicyclic) bond motifs is 5. The first-order chi connectivity index (χ1) is 11.2. The zero-order chi connectivity index (χ0) is 17.4. The molecule has 4 nitrogen and oxygen atoms in total. The van der Waals surface area contributed by atoms with Crippen LogP contribution in [0.4, 0.5) is 18.9 Å². The molecule has 5 atom stereocenters. The van der Waals surface area contributed by atoms with Gasteiger partial charge in [0.2, 0.25) is 11.8 Å². The first kappa shape index (κ1) is 16.3. The fourth-order valence-corrected chi connectivity index (χ4v) is 6.86. The van der Waals surface area contributed by atoms with Crippen molar-refractivity contribution in [3.05, 3.63) is 28.2 Å². The van der Waals surface area contributed by atoms with Crippen molar-refractivity contribution in [1.82, 2.24) is 0 Å². The summed E-state index contributed by atoms with van der Waals surface area (Å²) >= 11 is 2.84. The number of rotatable bonds is 1. The van der Waals surface area contributed by atoms with Crippen LogP contribution in [0.3, 0.4) is 0 Å². The van der Waals surface area contributed by atoms with Crippen molar-refractivity contribution >= 4 is 44.2 Å². The first-order valence-corrected chi connectivity index (χ1v) is 9.42. The molecule has 3 heterocycles. The third-order valence-electron chi connectivity index (χ3n) is 5.05. The average Bonchev–Trinajstić information content (AvgIpc) is 3.09. The molecule has 9 heteroatoms. The Kier molecular flexibility index (Phi) is 3.48. The topological polar surface area (TPSA) is 54.5 Å². The Balaban J connectivity index is 1.76. The molecule has 4 rings (SSSR count). The van der Waals surface area contributed by atoms with Crippen LogP contribution >= 0.6 is 15.9 Å². The van der Waals surface area contributed by atoms with E-state index in [0.29, 0.717) is 12.8 Å². The van der Waals surface area contributed by atoms with Crippen molar-refractivity contribution in [2.45, 2.75) is 29.5 Å². The van der Waals surface area contributed by atoms with Gasteiger partial charge >= 0.3 is 6.18 Å². The average molecular weight is 422 g/mol. The molecule has 0 saturated carbocycles. The van der Waals surface area contributed by atoms with E-state index in [2.05, 4.69) is 15.9 Å². The van der Waals surface area contributed by atoms with E-state index < -0.39 is 46.2 Å². The molecule has 2 amide bonds. The fourth-order valence-electron chi connectivity index (χ4n) is 4.05. The van der Waals surface area contributed by atoms with Crippen molar-refractivity contribution in [2.24, 2.45) is 11.8 Å². The number of anilines is 1. The summed E-state index contributed by atoms with van der Waals surface area (Å²) in [6, 6.07) is 3.30. The Bertz CT molecular complexity index is 765. The minimum atomic E-state index is -4.60. The highest BCUT2D eigenvalue weighted by atomic mass is 79.9. The van der Waals surface area contributed by atoms with Gasteiger partial charge in [-0.25, -0.2) is 4.90 Å². The summed E-state index contributed by atoms with van der Waals surface area (Å²) in [5.74, 6) is -2.37. The van der Waals surface area contributed by atoms with E-state index in [0.717, 1.165) is 11.0 Å². The molecule has 1 aromatic rings. The van der Waals surface area contributed by atoms with E-state index in [-0.39, 0.29) is 20.7 Å². The van der Waals surface area contributed by atoms with E-state index in [1.807, 2.05) is 0 Å². The Morgan fingerprint density at radius 3 is 2.12 bits per heavy atom. The van der Waals surface area contributed by atoms with Gasteiger partial charge in [0, 0.05) is 25.8 Å². The van der Waals surface area contributed by atoms with Crippen molar-refractivity contribution < 1.29 is 27.0 Å².